The van der Waals surface area contributed by atoms with Gasteiger partial charge in [0.15, 0.2) is 0 Å². The summed E-state index contributed by atoms with van der Waals surface area (Å²) in [5, 5.41) is 9.48. The minimum absolute atomic E-state index is 0.203. The number of hydrogen-bond donors (Lipinski definition) is 1. The van der Waals surface area contributed by atoms with Crippen molar-refractivity contribution in [2.24, 2.45) is 0 Å². The van der Waals surface area contributed by atoms with Crippen LogP contribution in [0.3, 0.4) is 0 Å². The molecule has 0 saturated carbocycles. The second-order valence-electron chi connectivity index (χ2n) is 9.80. The molecule has 0 aromatic rings. The molecule has 0 spiro atoms. The highest BCUT2D eigenvalue weighted by Gasteiger charge is 2.13. The number of aliphatic hydroxyl groups excluding tert-OH is 1. The maximum Gasteiger partial charge on any atom is 0.306 e. The topological polar surface area (TPSA) is 55.8 Å². The van der Waals surface area contributed by atoms with Gasteiger partial charge in [-0.1, -0.05) is 132 Å². The van der Waals surface area contributed by atoms with Crippen molar-refractivity contribution < 1.29 is 19.4 Å². The van der Waals surface area contributed by atoms with Crippen LogP contribution < -0.4 is 0 Å². The summed E-state index contributed by atoms with van der Waals surface area (Å²) in [6.07, 6.45) is 39.8. The third-order valence-corrected chi connectivity index (χ3v) is 6.13. The van der Waals surface area contributed by atoms with Crippen molar-refractivity contribution in [2.75, 3.05) is 19.8 Å². The van der Waals surface area contributed by atoms with E-state index >= 15 is 0 Å². The minimum Gasteiger partial charge on any atom is -0.457 e. The van der Waals surface area contributed by atoms with Crippen molar-refractivity contribution in [1.29, 1.82) is 0 Å². The number of aliphatic hydroxyl groups is 1. The zero-order chi connectivity index (χ0) is 27.8. The Labute approximate surface area is 235 Å². The van der Waals surface area contributed by atoms with Gasteiger partial charge in [0.1, 0.15) is 6.10 Å². The fraction of sp³-hybridized carbons (Fsp3) is 0.676. The maximum atomic E-state index is 12.0. The van der Waals surface area contributed by atoms with Crippen LogP contribution in [0.5, 0.6) is 0 Å². The van der Waals surface area contributed by atoms with Gasteiger partial charge in [-0.05, 0) is 44.9 Å². The average Bonchev–Trinajstić information content (AvgIpc) is 2.92. The van der Waals surface area contributed by atoms with E-state index in [9.17, 15) is 9.90 Å². The molecular weight excluding hydrogens is 472 g/mol. The Balaban J connectivity index is 3.63. The molecule has 0 aromatic heterocycles. The quantitative estimate of drug-likeness (QED) is 0.0653. The molecule has 0 radical (unpaired) electrons. The first-order chi connectivity index (χ1) is 18.7. The summed E-state index contributed by atoms with van der Waals surface area (Å²) in [4.78, 5) is 12.0. The third kappa shape index (κ3) is 28.7. The Bertz CT molecular complexity index is 645. The molecule has 0 rings (SSSR count). The summed E-state index contributed by atoms with van der Waals surface area (Å²) in [7, 11) is 0. The van der Waals surface area contributed by atoms with Gasteiger partial charge in [0, 0.05) is 6.42 Å². The zero-order valence-electron chi connectivity index (χ0n) is 24.7. The van der Waals surface area contributed by atoms with E-state index in [1.54, 1.807) is 0 Å². The first kappa shape index (κ1) is 36.1. The highest BCUT2D eigenvalue weighted by atomic mass is 16.6. The molecule has 0 amide bonds. The van der Waals surface area contributed by atoms with Crippen LogP contribution in [0.15, 0.2) is 60.8 Å². The van der Waals surface area contributed by atoms with Gasteiger partial charge < -0.3 is 14.6 Å². The predicted molar refractivity (Wildman–Crippen MR) is 163 cm³/mol. The SMILES string of the molecule is CC/C=C\C/C=C\C/C=C\C/C=C\C/C=C\CCOCC(CO)OC(=O)CCCCCCCCCCCC. The lowest BCUT2D eigenvalue weighted by atomic mass is 10.1. The van der Waals surface area contributed by atoms with Crippen LogP contribution in [-0.2, 0) is 14.3 Å². The number of rotatable bonds is 27. The van der Waals surface area contributed by atoms with Crippen molar-refractivity contribution in [2.45, 2.75) is 129 Å². The van der Waals surface area contributed by atoms with Crippen molar-refractivity contribution in [1.82, 2.24) is 0 Å². The summed E-state index contributed by atoms with van der Waals surface area (Å²) < 4.78 is 10.9. The molecular formula is C34H58O4. The van der Waals surface area contributed by atoms with Crippen LogP contribution in [-0.4, -0.2) is 37.0 Å². The van der Waals surface area contributed by atoms with Crippen LogP contribution in [0.4, 0.5) is 0 Å². The molecule has 0 heterocycles. The van der Waals surface area contributed by atoms with Crippen LogP contribution in [0.1, 0.15) is 123 Å². The van der Waals surface area contributed by atoms with Crippen molar-refractivity contribution in [3.63, 3.8) is 0 Å². The fourth-order valence-corrected chi connectivity index (χ4v) is 3.86. The summed E-state index contributed by atoms with van der Waals surface area (Å²) >= 11 is 0. The molecule has 218 valence electrons. The molecule has 38 heavy (non-hydrogen) atoms. The molecule has 0 aliphatic heterocycles. The van der Waals surface area contributed by atoms with E-state index in [4.69, 9.17) is 9.47 Å². The predicted octanol–water partition coefficient (Wildman–Crippen LogP) is 9.36. The molecule has 4 heteroatoms. The van der Waals surface area contributed by atoms with Crippen LogP contribution in [0.2, 0.25) is 0 Å². The van der Waals surface area contributed by atoms with Crippen molar-refractivity contribution in [3.8, 4) is 0 Å². The summed E-state index contributed by atoms with van der Waals surface area (Å²) in [6, 6.07) is 0. The molecule has 0 bridgehead atoms. The Morgan fingerprint density at radius 3 is 1.63 bits per heavy atom. The van der Waals surface area contributed by atoms with Crippen LogP contribution >= 0.6 is 0 Å². The van der Waals surface area contributed by atoms with Gasteiger partial charge in [-0.15, -0.1) is 0 Å². The van der Waals surface area contributed by atoms with E-state index in [0.717, 1.165) is 51.4 Å². The molecule has 0 aromatic carbocycles. The number of hydrogen-bond acceptors (Lipinski definition) is 4. The number of esters is 1. The number of carbonyl (C=O) groups excluding carboxylic acids is 1. The van der Waals surface area contributed by atoms with Gasteiger partial charge in [0.25, 0.3) is 0 Å². The number of ether oxygens (including phenoxy) is 2. The minimum atomic E-state index is -0.570. The van der Waals surface area contributed by atoms with Gasteiger partial charge in [-0.25, -0.2) is 0 Å². The van der Waals surface area contributed by atoms with E-state index in [1.165, 1.54) is 51.4 Å². The van der Waals surface area contributed by atoms with Crippen molar-refractivity contribution in [3.05, 3.63) is 60.8 Å². The summed E-state index contributed by atoms with van der Waals surface area (Å²) in [5.41, 5.74) is 0. The lowest BCUT2D eigenvalue weighted by Crippen LogP contribution is -2.27. The molecule has 1 atom stereocenters. The highest BCUT2D eigenvalue weighted by Crippen LogP contribution is 2.12. The molecule has 0 aliphatic carbocycles. The maximum absolute atomic E-state index is 12.0. The van der Waals surface area contributed by atoms with E-state index < -0.39 is 6.10 Å². The van der Waals surface area contributed by atoms with Gasteiger partial charge in [-0.2, -0.15) is 0 Å². The third-order valence-electron chi connectivity index (χ3n) is 6.13. The fourth-order valence-electron chi connectivity index (χ4n) is 3.86. The molecule has 0 fully saturated rings. The van der Waals surface area contributed by atoms with Crippen molar-refractivity contribution >= 4 is 5.97 Å². The lowest BCUT2D eigenvalue weighted by molar-refractivity contribution is -0.154. The number of carbonyl (C=O) groups is 1. The van der Waals surface area contributed by atoms with Gasteiger partial charge in [0.05, 0.1) is 19.8 Å². The van der Waals surface area contributed by atoms with Crippen LogP contribution in [0, 0.1) is 0 Å². The molecule has 1 N–H and O–H groups in total. The molecule has 4 nitrogen and oxygen atoms in total. The summed E-state index contributed by atoms with van der Waals surface area (Å²) in [5.74, 6) is -0.231. The van der Waals surface area contributed by atoms with E-state index in [1.807, 2.05) is 0 Å². The Hall–Kier alpha value is -1.91. The monoisotopic (exact) mass is 530 g/mol. The summed E-state index contributed by atoms with van der Waals surface area (Å²) in [6.45, 7) is 4.99. The Kier molecular flexibility index (Phi) is 29.7. The normalized spacial score (nSPS) is 13.2. The van der Waals surface area contributed by atoms with E-state index in [2.05, 4.69) is 74.6 Å². The average molecular weight is 531 g/mol. The first-order valence-electron chi connectivity index (χ1n) is 15.4. The van der Waals surface area contributed by atoms with Crippen LogP contribution in [0.25, 0.3) is 0 Å². The van der Waals surface area contributed by atoms with E-state index in [-0.39, 0.29) is 19.2 Å². The first-order valence-corrected chi connectivity index (χ1v) is 15.4. The zero-order valence-corrected chi connectivity index (χ0v) is 24.7. The Morgan fingerprint density at radius 2 is 1.13 bits per heavy atom. The largest absolute Gasteiger partial charge is 0.457 e. The second-order valence-corrected chi connectivity index (χ2v) is 9.80. The van der Waals surface area contributed by atoms with Gasteiger partial charge in [0.2, 0.25) is 0 Å². The molecule has 0 aliphatic rings. The smallest absolute Gasteiger partial charge is 0.306 e. The number of allylic oxidation sites excluding steroid dienone is 9. The number of unbranched alkanes of at least 4 members (excludes halogenated alkanes) is 9. The van der Waals surface area contributed by atoms with E-state index in [0.29, 0.717) is 13.0 Å². The standard InChI is InChI=1S/C34H58O4/c1-3-5-7-9-11-13-15-16-17-18-19-20-22-24-26-28-30-37-32-33(31-35)38-34(36)29-27-25-23-21-14-12-10-8-6-4-2/h5,7,11,13,16-17,19-20,24,26,33,35H,3-4,6,8-10,12,14-15,18,21-23,25,27-32H2,1-2H3/b7-5-,13-11-,17-16-,20-19-,26-24-. The second kappa shape index (κ2) is 31.3. The Morgan fingerprint density at radius 1 is 0.658 bits per heavy atom. The molecule has 1 unspecified atom stereocenters. The lowest BCUT2D eigenvalue weighted by Gasteiger charge is -2.15. The highest BCUT2D eigenvalue weighted by molar-refractivity contribution is 5.69. The van der Waals surface area contributed by atoms with Gasteiger partial charge >= 0.3 is 5.97 Å². The van der Waals surface area contributed by atoms with Gasteiger partial charge in [-0.3, -0.25) is 4.79 Å². The molecule has 0 saturated heterocycles.